The molecule has 3 aromatic rings. The molecule has 0 spiro atoms. The van der Waals surface area contributed by atoms with Gasteiger partial charge in [0.15, 0.2) is 16.6 Å². The molecule has 7 nitrogen and oxygen atoms in total. The molecular formula is C25H31N3O4S. The second-order valence-corrected chi connectivity index (χ2v) is 9.06. The van der Waals surface area contributed by atoms with Crippen LogP contribution in [0.2, 0.25) is 0 Å². The van der Waals surface area contributed by atoms with Crippen molar-refractivity contribution in [3.8, 4) is 17.2 Å². The van der Waals surface area contributed by atoms with Gasteiger partial charge < -0.3 is 19.1 Å². The van der Waals surface area contributed by atoms with Crippen LogP contribution in [0.1, 0.15) is 26.3 Å². The van der Waals surface area contributed by atoms with Gasteiger partial charge in [-0.15, -0.1) is 0 Å². The van der Waals surface area contributed by atoms with E-state index in [-0.39, 0.29) is 5.91 Å². The lowest BCUT2D eigenvalue weighted by molar-refractivity contribution is -0.130. The smallest absolute Gasteiger partial charge is 0.273 e. The van der Waals surface area contributed by atoms with Crippen LogP contribution in [0.15, 0.2) is 36.4 Å². The number of methoxy groups -OCH3 is 1. The third-order valence-corrected chi connectivity index (χ3v) is 7.24. The summed E-state index contributed by atoms with van der Waals surface area (Å²) >= 11 is 1.51. The van der Waals surface area contributed by atoms with E-state index in [1.807, 2.05) is 50.2 Å². The van der Waals surface area contributed by atoms with Gasteiger partial charge in [-0.25, -0.2) is 4.98 Å². The second kappa shape index (κ2) is 9.97. The van der Waals surface area contributed by atoms with E-state index in [9.17, 15) is 4.79 Å². The van der Waals surface area contributed by atoms with E-state index in [1.165, 1.54) is 11.3 Å². The monoisotopic (exact) mass is 469 g/mol. The van der Waals surface area contributed by atoms with Crippen LogP contribution in [0.4, 0.5) is 5.13 Å². The maximum atomic E-state index is 13.9. The molecule has 8 heteroatoms. The number of amides is 1. The quantitative estimate of drug-likeness (QED) is 0.484. The topological polar surface area (TPSA) is 64.1 Å². The lowest BCUT2D eigenvalue weighted by Crippen LogP contribution is -2.52. The molecule has 2 heterocycles. The lowest BCUT2D eigenvalue weighted by atomic mass is 10.1. The maximum Gasteiger partial charge on any atom is 0.273 e. The van der Waals surface area contributed by atoms with E-state index in [0.29, 0.717) is 28.9 Å². The number of thiazole rings is 1. The number of aromatic nitrogens is 1. The number of hydrogen-bond acceptors (Lipinski definition) is 7. The van der Waals surface area contributed by atoms with Crippen molar-refractivity contribution in [1.29, 1.82) is 0 Å². The highest BCUT2D eigenvalue weighted by molar-refractivity contribution is 7.22. The Kier molecular flexibility index (Phi) is 7.05. The molecule has 2 unspecified atom stereocenters. The summed E-state index contributed by atoms with van der Waals surface area (Å²) in [5, 5.41) is 0.643. The van der Waals surface area contributed by atoms with E-state index < -0.39 is 12.2 Å². The molecular weight excluding hydrogens is 438 g/mol. The van der Waals surface area contributed by atoms with Gasteiger partial charge in [0.1, 0.15) is 17.4 Å². The van der Waals surface area contributed by atoms with Crippen LogP contribution in [0, 0.1) is 6.92 Å². The number of likely N-dealkylation sites (N-methyl/N-ethyl adjacent to an activating group) is 1. The Morgan fingerprint density at radius 1 is 1.09 bits per heavy atom. The first-order valence-electron chi connectivity index (χ1n) is 11.4. The summed E-state index contributed by atoms with van der Waals surface area (Å²) in [6, 6.07) is 11.4. The van der Waals surface area contributed by atoms with Gasteiger partial charge in [0.05, 0.1) is 11.8 Å². The van der Waals surface area contributed by atoms with Gasteiger partial charge in [-0.05, 0) is 50.7 Å². The van der Waals surface area contributed by atoms with Crippen molar-refractivity contribution in [2.75, 3.05) is 38.2 Å². The van der Waals surface area contributed by atoms with Crippen LogP contribution >= 0.6 is 11.3 Å². The minimum Gasteiger partial charge on any atom is -0.494 e. The highest BCUT2D eigenvalue weighted by atomic mass is 32.1. The Morgan fingerprint density at radius 2 is 1.79 bits per heavy atom. The zero-order chi connectivity index (χ0) is 23.5. The Balaban J connectivity index is 1.70. The molecule has 0 radical (unpaired) electrons. The molecule has 176 valence electrons. The molecule has 1 aromatic heterocycles. The number of anilines is 1. The molecule has 0 bridgehead atoms. The van der Waals surface area contributed by atoms with Crippen molar-refractivity contribution >= 4 is 32.6 Å². The first-order chi connectivity index (χ1) is 16.0. The number of nitrogens with zero attached hydrogens (tertiary/aromatic N) is 3. The number of aryl methyl sites for hydroxylation is 1. The van der Waals surface area contributed by atoms with Crippen molar-refractivity contribution in [2.24, 2.45) is 0 Å². The number of hydrogen-bond donors (Lipinski definition) is 0. The Hall–Kier alpha value is -2.84. The second-order valence-electron chi connectivity index (χ2n) is 8.08. The van der Waals surface area contributed by atoms with E-state index >= 15 is 0 Å². The van der Waals surface area contributed by atoms with E-state index in [1.54, 1.807) is 12.0 Å². The largest absolute Gasteiger partial charge is 0.494 e. The summed E-state index contributed by atoms with van der Waals surface area (Å²) < 4.78 is 18.7. The van der Waals surface area contributed by atoms with Gasteiger partial charge in [-0.1, -0.05) is 43.4 Å². The SMILES string of the molecule is CCN(CC)CCN(C(=O)C1Oc2ccccc2OC1C)c1nc2c(OC)ccc(C)c2s1. The fourth-order valence-corrected chi connectivity index (χ4v) is 5.09. The molecule has 1 amide bonds. The van der Waals surface area contributed by atoms with E-state index in [4.69, 9.17) is 19.2 Å². The minimum absolute atomic E-state index is 0.153. The van der Waals surface area contributed by atoms with Gasteiger partial charge in [0.2, 0.25) is 6.10 Å². The standard InChI is InChI=1S/C25H31N3O4S/c1-6-27(7-2)14-15-28(25-26-21-20(30-5)13-12-16(3)23(21)33-25)24(29)22-17(4)31-18-10-8-9-11-19(18)32-22/h8-13,17,22H,6-7,14-15H2,1-5H3. The van der Waals surface area contributed by atoms with Gasteiger partial charge in [0, 0.05) is 13.1 Å². The number of ether oxygens (including phenoxy) is 3. The molecule has 2 atom stereocenters. The third-order valence-electron chi connectivity index (χ3n) is 6.03. The molecule has 0 aliphatic carbocycles. The molecule has 0 N–H and O–H groups in total. The van der Waals surface area contributed by atoms with Crippen molar-refractivity contribution in [3.63, 3.8) is 0 Å². The third kappa shape index (κ3) is 4.63. The summed E-state index contributed by atoms with van der Waals surface area (Å²) in [5.41, 5.74) is 1.88. The van der Waals surface area contributed by atoms with Crippen LogP contribution in [0.5, 0.6) is 17.2 Å². The highest BCUT2D eigenvalue weighted by Crippen LogP contribution is 2.38. The normalized spacial score (nSPS) is 17.4. The van der Waals surface area contributed by atoms with Crippen molar-refractivity contribution < 1.29 is 19.0 Å². The molecule has 0 saturated heterocycles. The van der Waals surface area contributed by atoms with Crippen molar-refractivity contribution in [2.45, 2.75) is 39.9 Å². The average Bonchev–Trinajstić information content (AvgIpc) is 3.27. The fraction of sp³-hybridized carbons (Fsp3) is 0.440. The summed E-state index contributed by atoms with van der Waals surface area (Å²) in [6.45, 7) is 11.2. The molecule has 0 saturated carbocycles. The van der Waals surface area contributed by atoms with Gasteiger partial charge in [-0.3, -0.25) is 9.69 Å². The summed E-state index contributed by atoms with van der Waals surface area (Å²) in [4.78, 5) is 22.7. The maximum absolute atomic E-state index is 13.9. The van der Waals surface area contributed by atoms with Gasteiger partial charge >= 0.3 is 0 Å². The zero-order valence-electron chi connectivity index (χ0n) is 19.8. The number of benzene rings is 2. The van der Waals surface area contributed by atoms with E-state index in [0.717, 1.165) is 35.4 Å². The predicted octanol–water partition coefficient (Wildman–Crippen LogP) is 4.52. The Morgan fingerprint density at radius 3 is 2.45 bits per heavy atom. The van der Waals surface area contributed by atoms with Crippen molar-refractivity contribution in [3.05, 3.63) is 42.0 Å². The number of rotatable bonds is 8. The highest BCUT2D eigenvalue weighted by Gasteiger charge is 2.38. The Bertz CT molecular complexity index is 1130. The van der Waals surface area contributed by atoms with Crippen LogP contribution in [-0.2, 0) is 4.79 Å². The lowest BCUT2D eigenvalue weighted by Gasteiger charge is -2.34. The van der Waals surface area contributed by atoms with Crippen molar-refractivity contribution in [1.82, 2.24) is 9.88 Å². The molecule has 33 heavy (non-hydrogen) atoms. The zero-order valence-corrected chi connectivity index (χ0v) is 20.6. The number of fused-ring (bicyclic) bond motifs is 2. The number of carbonyl (C=O) groups excluding carboxylic acids is 1. The fourth-order valence-electron chi connectivity index (χ4n) is 4.00. The molecule has 2 aromatic carbocycles. The first kappa shape index (κ1) is 23.3. The van der Waals surface area contributed by atoms with Crippen LogP contribution in [0.25, 0.3) is 10.2 Å². The molecule has 0 fully saturated rings. The first-order valence-corrected chi connectivity index (χ1v) is 12.2. The minimum atomic E-state index is -0.758. The van der Waals surface area contributed by atoms with Crippen LogP contribution in [-0.4, -0.2) is 61.3 Å². The van der Waals surface area contributed by atoms with Gasteiger partial charge in [-0.2, -0.15) is 0 Å². The number of carbonyl (C=O) groups is 1. The van der Waals surface area contributed by atoms with Crippen LogP contribution < -0.4 is 19.1 Å². The molecule has 4 rings (SSSR count). The average molecular weight is 470 g/mol. The van der Waals surface area contributed by atoms with Crippen LogP contribution in [0.3, 0.4) is 0 Å². The summed E-state index contributed by atoms with van der Waals surface area (Å²) in [6.07, 6.45) is -1.18. The number of para-hydroxylation sites is 2. The summed E-state index contributed by atoms with van der Waals surface area (Å²) in [5.74, 6) is 1.79. The molecule has 1 aliphatic rings. The molecule has 1 aliphatic heterocycles. The van der Waals surface area contributed by atoms with E-state index in [2.05, 4.69) is 18.7 Å². The van der Waals surface area contributed by atoms with Gasteiger partial charge in [0.25, 0.3) is 5.91 Å². The summed E-state index contributed by atoms with van der Waals surface area (Å²) in [7, 11) is 1.64. The predicted molar refractivity (Wildman–Crippen MR) is 132 cm³/mol. The Labute approximate surface area is 198 Å².